The lowest BCUT2D eigenvalue weighted by Gasteiger charge is -2.29. The van der Waals surface area contributed by atoms with Gasteiger partial charge in [0.15, 0.2) is 11.6 Å². The number of halogens is 3. The molecule has 0 heterocycles. The maximum absolute atomic E-state index is 14.7. The summed E-state index contributed by atoms with van der Waals surface area (Å²) in [5.74, 6) is -1.46. The van der Waals surface area contributed by atoms with E-state index in [4.69, 9.17) is 4.74 Å². The van der Waals surface area contributed by atoms with Crippen LogP contribution < -0.4 is 0 Å². The maximum atomic E-state index is 14.7. The quantitative estimate of drug-likeness (QED) is 0.345. The second-order valence-electron chi connectivity index (χ2n) is 8.86. The van der Waals surface area contributed by atoms with Crippen LogP contribution in [0, 0.1) is 17.5 Å². The fourth-order valence-electron chi connectivity index (χ4n) is 4.59. The van der Waals surface area contributed by atoms with Crippen LogP contribution in [-0.4, -0.2) is 6.10 Å². The summed E-state index contributed by atoms with van der Waals surface area (Å²) in [5.41, 5.74) is 2.58. The van der Waals surface area contributed by atoms with Crippen LogP contribution in [0.4, 0.5) is 13.2 Å². The lowest BCUT2D eigenvalue weighted by atomic mass is 9.82. The molecule has 0 radical (unpaired) electrons. The molecule has 1 saturated carbocycles. The van der Waals surface area contributed by atoms with Gasteiger partial charge in [0.25, 0.3) is 0 Å². The van der Waals surface area contributed by atoms with Crippen molar-refractivity contribution in [3.63, 3.8) is 0 Å². The van der Waals surface area contributed by atoms with Gasteiger partial charge in [0, 0.05) is 0 Å². The summed E-state index contributed by atoms with van der Waals surface area (Å²) in [7, 11) is 0. The van der Waals surface area contributed by atoms with Gasteiger partial charge in [-0.1, -0.05) is 57.4 Å². The van der Waals surface area contributed by atoms with Crippen LogP contribution in [0.5, 0.6) is 0 Å². The fourth-order valence-corrected chi connectivity index (χ4v) is 4.59. The van der Waals surface area contributed by atoms with E-state index in [9.17, 15) is 13.2 Å². The molecule has 2 aromatic rings. The molecule has 170 valence electrons. The van der Waals surface area contributed by atoms with Gasteiger partial charge in [-0.2, -0.15) is 0 Å². The minimum atomic E-state index is -0.666. The number of hydrogen-bond acceptors (Lipinski definition) is 1. The average molecular weight is 433 g/mol. The summed E-state index contributed by atoms with van der Waals surface area (Å²) < 4.78 is 49.3. The van der Waals surface area contributed by atoms with Crippen LogP contribution in [0.15, 0.2) is 30.3 Å². The predicted octanol–water partition coefficient (Wildman–Crippen LogP) is 8.03. The summed E-state index contributed by atoms with van der Waals surface area (Å²) >= 11 is 0. The van der Waals surface area contributed by atoms with E-state index in [1.807, 2.05) is 19.1 Å². The molecule has 1 aliphatic rings. The van der Waals surface area contributed by atoms with Crippen LogP contribution in [0.1, 0.15) is 93.4 Å². The highest BCUT2D eigenvalue weighted by molar-refractivity contribution is 5.29. The Kier molecular flexibility index (Phi) is 9.01. The van der Waals surface area contributed by atoms with E-state index in [1.54, 1.807) is 18.2 Å². The molecule has 4 heteroatoms. The third-order valence-electron chi connectivity index (χ3n) is 6.48. The van der Waals surface area contributed by atoms with Crippen LogP contribution in [0.3, 0.4) is 0 Å². The minimum absolute atomic E-state index is 0.0322. The molecule has 0 amide bonds. The Morgan fingerprint density at radius 3 is 2.23 bits per heavy atom. The smallest absolute Gasteiger partial charge is 0.162 e. The van der Waals surface area contributed by atoms with Gasteiger partial charge in [0.05, 0.1) is 12.7 Å². The van der Waals surface area contributed by atoms with Crippen molar-refractivity contribution in [3.05, 3.63) is 70.0 Å². The first-order valence-electron chi connectivity index (χ1n) is 11.9. The summed E-state index contributed by atoms with van der Waals surface area (Å²) in [5, 5.41) is 0. The zero-order chi connectivity index (χ0) is 22.2. The van der Waals surface area contributed by atoms with Crippen molar-refractivity contribution < 1.29 is 17.9 Å². The lowest BCUT2D eigenvalue weighted by molar-refractivity contribution is 0.0130. The van der Waals surface area contributed by atoms with Gasteiger partial charge in [-0.15, -0.1) is 0 Å². The first-order chi connectivity index (χ1) is 15.0. The molecule has 0 aliphatic heterocycles. The molecule has 2 aromatic carbocycles. The number of aryl methyl sites for hydroxylation is 2. The molecule has 0 bridgehead atoms. The second-order valence-corrected chi connectivity index (χ2v) is 8.86. The number of ether oxygens (including phenoxy) is 1. The third-order valence-corrected chi connectivity index (χ3v) is 6.48. The normalized spacial score (nSPS) is 19.0. The molecular weight excluding hydrogens is 397 g/mol. The van der Waals surface area contributed by atoms with Gasteiger partial charge in [-0.25, -0.2) is 13.2 Å². The van der Waals surface area contributed by atoms with Crippen molar-refractivity contribution in [2.75, 3.05) is 0 Å². The lowest BCUT2D eigenvalue weighted by Crippen LogP contribution is -2.21. The molecule has 3 rings (SSSR count). The van der Waals surface area contributed by atoms with Crippen molar-refractivity contribution in [2.24, 2.45) is 0 Å². The zero-order valence-electron chi connectivity index (χ0n) is 18.9. The number of hydrogen-bond donors (Lipinski definition) is 0. The highest BCUT2D eigenvalue weighted by Crippen LogP contribution is 2.36. The third kappa shape index (κ3) is 6.35. The molecular formula is C27H35F3O. The monoisotopic (exact) mass is 432 g/mol. The largest absolute Gasteiger partial charge is 0.374 e. The predicted molar refractivity (Wildman–Crippen MR) is 120 cm³/mol. The van der Waals surface area contributed by atoms with Gasteiger partial charge in [-0.05, 0) is 79.2 Å². The Hall–Kier alpha value is -1.81. The molecule has 1 aliphatic carbocycles. The topological polar surface area (TPSA) is 9.23 Å². The van der Waals surface area contributed by atoms with E-state index >= 15 is 0 Å². The van der Waals surface area contributed by atoms with Gasteiger partial charge in [0.2, 0.25) is 0 Å². The Labute approximate surface area is 185 Å². The maximum Gasteiger partial charge on any atom is 0.162 e. The van der Waals surface area contributed by atoms with Gasteiger partial charge >= 0.3 is 0 Å². The van der Waals surface area contributed by atoms with E-state index < -0.39 is 11.6 Å². The van der Waals surface area contributed by atoms with Crippen LogP contribution in [-0.2, 0) is 24.2 Å². The van der Waals surface area contributed by atoms with E-state index in [0.717, 1.165) is 68.9 Å². The highest BCUT2D eigenvalue weighted by atomic mass is 19.2. The standard InChI is InChI=1S/C27H35F3O/c1-3-5-6-8-22-13-16-24(27(30)26(22)29)20-11-14-23(15-12-20)31-18-19-9-10-21(7-4-2)25(28)17-19/h9-10,13,16-17,20,23H,3-8,11-12,14-15,18H2,1-2H3. The number of unbranched alkanes of at least 4 members (excludes halogenated alkanes) is 2. The Morgan fingerprint density at radius 1 is 0.806 bits per heavy atom. The van der Waals surface area contributed by atoms with Crippen LogP contribution in [0.2, 0.25) is 0 Å². The van der Waals surface area contributed by atoms with E-state index in [1.165, 1.54) is 0 Å². The summed E-state index contributed by atoms with van der Waals surface area (Å²) in [6, 6.07) is 8.89. The van der Waals surface area contributed by atoms with Crippen molar-refractivity contribution in [1.82, 2.24) is 0 Å². The molecule has 1 nitrogen and oxygen atoms in total. The van der Waals surface area contributed by atoms with Gasteiger partial charge < -0.3 is 4.74 Å². The molecule has 0 N–H and O–H groups in total. The summed E-state index contributed by atoms with van der Waals surface area (Å²) in [6.07, 6.45) is 8.49. The Bertz CT molecular complexity index is 841. The van der Waals surface area contributed by atoms with E-state index in [0.29, 0.717) is 24.2 Å². The van der Waals surface area contributed by atoms with Gasteiger partial charge in [0.1, 0.15) is 5.82 Å². The fraction of sp³-hybridized carbons (Fsp3) is 0.556. The second kappa shape index (κ2) is 11.7. The van der Waals surface area contributed by atoms with Crippen molar-refractivity contribution >= 4 is 0 Å². The first-order valence-corrected chi connectivity index (χ1v) is 11.9. The van der Waals surface area contributed by atoms with Crippen molar-refractivity contribution in [2.45, 2.75) is 96.7 Å². The number of rotatable bonds is 10. The molecule has 0 aromatic heterocycles. The summed E-state index contributed by atoms with van der Waals surface area (Å²) in [4.78, 5) is 0. The van der Waals surface area contributed by atoms with Crippen LogP contribution >= 0.6 is 0 Å². The first kappa shape index (κ1) is 23.8. The SMILES string of the molecule is CCCCCc1ccc(C2CCC(OCc3ccc(CCC)c(F)c3)CC2)c(F)c1F. The molecule has 1 fully saturated rings. The molecule has 0 unspecified atom stereocenters. The van der Waals surface area contributed by atoms with Crippen LogP contribution in [0.25, 0.3) is 0 Å². The summed E-state index contributed by atoms with van der Waals surface area (Å²) in [6.45, 7) is 4.52. The molecule has 0 spiro atoms. The molecule has 0 saturated heterocycles. The Morgan fingerprint density at radius 2 is 1.55 bits per heavy atom. The Balaban J connectivity index is 1.51. The van der Waals surface area contributed by atoms with E-state index in [2.05, 4.69) is 6.92 Å². The van der Waals surface area contributed by atoms with Gasteiger partial charge in [-0.3, -0.25) is 0 Å². The van der Waals surface area contributed by atoms with Crippen molar-refractivity contribution in [3.8, 4) is 0 Å². The van der Waals surface area contributed by atoms with Crippen molar-refractivity contribution in [1.29, 1.82) is 0 Å². The molecule has 31 heavy (non-hydrogen) atoms. The zero-order valence-corrected chi connectivity index (χ0v) is 18.9. The average Bonchev–Trinajstić information content (AvgIpc) is 2.78. The minimum Gasteiger partial charge on any atom is -0.374 e. The number of benzene rings is 2. The van der Waals surface area contributed by atoms with E-state index in [-0.39, 0.29) is 17.8 Å². The molecule has 0 atom stereocenters. The highest BCUT2D eigenvalue weighted by Gasteiger charge is 2.26.